The molecule has 1 N–H and O–H groups in total. The summed E-state index contributed by atoms with van der Waals surface area (Å²) in [5.41, 5.74) is 2.23. The Hall–Kier alpha value is -2.76. The van der Waals surface area contributed by atoms with Gasteiger partial charge in [0.25, 0.3) is 0 Å². The molecule has 0 unspecified atom stereocenters. The van der Waals surface area contributed by atoms with Gasteiger partial charge in [0.15, 0.2) is 11.6 Å². The maximum atomic E-state index is 13.2. The van der Waals surface area contributed by atoms with E-state index < -0.39 is 29.6 Å². The van der Waals surface area contributed by atoms with Crippen LogP contribution in [0.5, 0.6) is 0 Å². The molecule has 0 spiro atoms. The summed E-state index contributed by atoms with van der Waals surface area (Å²) in [7, 11) is 1.24. The van der Waals surface area contributed by atoms with Gasteiger partial charge in [0, 0.05) is 6.42 Å². The Labute approximate surface area is 144 Å². The number of esters is 1. The molecule has 4 nitrogen and oxygen atoms in total. The Bertz CT molecular complexity index is 777. The third-order valence-electron chi connectivity index (χ3n) is 3.69. The Morgan fingerprint density at radius 3 is 2.48 bits per heavy atom. The van der Waals surface area contributed by atoms with Crippen molar-refractivity contribution in [1.29, 1.82) is 0 Å². The number of aryl methyl sites for hydroxylation is 1. The van der Waals surface area contributed by atoms with Crippen LogP contribution in [0, 0.1) is 18.6 Å². The molecule has 0 aliphatic carbocycles. The molecule has 2 aromatic rings. The monoisotopic (exact) mass is 347 g/mol. The fourth-order valence-corrected chi connectivity index (χ4v) is 2.49. The standard InChI is InChI=1S/C19H19F2NO3/c1-12-4-3-5-13(8-12)10-17(19(24)25-2)22-18(23)11-14-6-7-15(20)16(21)9-14/h3-9,17H,10-11H2,1-2H3,(H,22,23)/t17-/m1/s1. The summed E-state index contributed by atoms with van der Waals surface area (Å²) in [4.78, 5) is 24.1. The van der Waals surface area contributed by atoms with E-state index in [9.17, 15) is 18.4 Å². The second-order valence-corrected chi connectivity index (χ2v) is 5.76. The summed E-state index contributed by atoms with van der Waals surface area (Å²) in [5, 5.41) is 2.59. The first-order valence-electron chi connectivity index (χ1n) is 7.75. The molecule has 0 saturated heterocycles. The van der Waals surface area contributed by atoms with Crippen LogP contribution in [0.1, 0.15) is 16.7 Å². The molecule has 2 rings (SSSR count). The number of hydrogen-bond donors (Lipinski definition) is 1. The molecular weight excluding hydrogens is 328 g/mol. The lowest BCUT2D eigenvalue weighted by molar-refractivity contribution is -0.145. The quantitative estimate of drug-likeness (QED) is 0.818. The number of halogens is 2. The van der Waals surface area contributed by atoms with Crippen LogP contribution in [-0.2, 0) is 27.2 Å². The molecule has 6 heteroatoms. The summed E-state index contributed by atoms with van der Waals surface area (Å²) < 4.78 is 30.9. The van der Waals surface area contributed by atoms with Gasteiger partial charge < -0.3 is 10.1 Å². The van der Waals surface area contributed by atoms with Crippen LogP contribution in [0.4, 0.5) is 8.78 Å². The van der Waals surface area contributed by atoms with Gasteiger partial charge in [-0.05, 0) is 30.2 Å². The fraction of sp³-hybridized carbons (Fsp3) is 0.263. The minimum absolute atomic E-state index is 0.168. The van der Waals surface area contributed by atoms with E-state index in [4.69, 9.17) is 4.74 Å². The lowest BCUT2D eigenvalue weighted by Gasteiger charge is -2.17. The Kier molecular flexibility index (Phi) is 6.22. The number of benzene rings is 2. The molecule has 0 radical (unpaired) electrons. The van der Waals surface area contributed by atoms with Crippen LogP contribution >= 0.6 is 0 Å². The van der Waals surface area contributed by atoms with E-state index >= 15 is 0 Å². The van der Waals surface area contributed by atoms with Crippen LogP contribution < -0.4 is 5.32 Å². The number of rotatable bonds is 6. The van der Waals surface area contributed by atoms with Crippen molar-refractivity contribution >= 4 is 11.9 Å². The molecule has 0 saturated carbocycles. The molecule has 25 heavy (non-hydrogen) atoms. The average molecular weight is 347 g/mol. The first-order valence-corrected chi connectivity index (χ1v) is 7.75. The maximum Gasteiger partial charge on any atom is 0.328 e. The van der Waals surface area contributed by atoms with Gasteiger partial charge in [0.1, 0.15) is 6.04 Å². The number of carbonyl (C=O) groups excluding carboxylic acids is 2. The third kappa shape index (κ3) is 5.38. The molecule has 1 amide bonds. The lowest BCUT2D eigenvalue weighted by atomic mass is 10.0. The normalized spacial score (nSPS) is 11.7. The van der Waals surface area contributed by atoms with Crippen molar-refractivity contribution < 1.29 is 23.1 Å². The number of hydrogen-bond acceptors (Lipinski definition) is 3. The maximum absolute atomic E-state index is 13.2. The van der Waals surface area contributed by atoms with Gasteiger partial charge in [0.05, 0.1) is 13.5 Å². The number of carbonyl (C=O) groups is 2. The van der Waals surface area contributed by atoms with E-state index in [1.807, 2.05) is 31.2 Å². The fourth-order valence-electron chi connectivity index (χ4n) is 2.49. The van der Waals surface area contributed by atoms with Crippen LogP contribution in [0.25, 0.3) is 0 Å². The van der Waals surface area contributed by atoms with E-state index in [0.717, 1.165) is 23.3 Å². The molecule has 2 aromatic carbocycles. The van der Waals surface area contributed by atoms with E-state index in [1.165, 1.54) is 13.2 Å². The van der Waals surface area contributed by atoms with E-state index in [0.29, 0.717) is 5.56 Å². The predicted molar refractivity (Wildman–Crippen MR) is 88.9 cm³/mol. The summed E-state index contributed by atoms with van der Waals surface area (Å²) in [6, 6.07) is 9.95. The first-order chi connectivity index (χ1) is 11.9. The summed E-state index contributed by atoms with van der Waals surface area (Å²) in [5.74, 6) is -3.04. The highest BCUT2D eigenvalue weighted by molar-refractivity contribution is 5.85. The molecule has 0 heterocycles. The number of nitrogens with one attached hydrogen (secondary N) is 1. The van der Waals surface area contributed by atoms with E-state index in [2.05, 4.69) is 5.32 Å². The molecule has 0 aliphatic rings. The molecule has 0 bridgehead atoms. The largest absolute Gasteiger partial charge is 0.467 e. The minimum Gasteiger partial charge on any atom is -0.467 e. The molecule has 0 aliphatic heterocycles. The highest BCUT2D eigenvalue weighted by Crippen LogP contribution is 2.11. The van der Waals surface area contributed by atoms with Crippen molar-refractivity contribution in [1.82, 2.24) is 5.32 Å². The van der Waals surface area contributed by atoms with Gasteiger partial charge >= 0.3 is 5.97 Å². The zero-order valence-electron chi connectivity index (χ0n) is 14.0. The van der Waals surface area contributed by atoms with Crippen molar-refractivity contribution in [2.24, 2.45) is 0 Å². The molecular formula is C19H19F2NO3. The van der Waals surface area contributed by atoms with Crippen LogP contribution in [0.2, 0.25) is 0 Å². The van der Waals surface area contributed by atoms with Crippen molar-refractivity contribution in [3.05, 3.63) is 70.8 Å². The SMILES string of the molecule is COC(=O)[C@@H](Cc1cccc(C)c1)NC(=O)Cc1ccc(F)c(F)c1. The third-order valence-corrected chi connectivity index (χ3v) is 3.69. The highest BCUT2D eigenvalue weighted by atomic mass is 19.2. The highest BCUT2D eigenvalue weighted by Gasteiger charge is 2.22. The van der Waals surface area contributed by atoms with Gasteiger partial charge in [-0.15, -0.1) is 0 Å². The summed E-state index contributed by atoms with van der Waals surface area (Å²) in [6.07, 6.45) is 0.108. The van der Waals surface area contributed by atoms with E-state index in [-0.39, 0.29) is 12.8 Å². The second-order valence-electron chi connectivity index (χ2n) is 5.76. The lowest BCUT2D eigenvalue weighted by Crippen LogP contribution is -2.43. The second kappa shape index (κ2) is 8.37. The predicted octanol–water partition coefficient (Wildman–Crippen LogP) is 2.72. The molecule has 0 aromatic heterocycles. The van der Waals surface area contributed by atoms with E-state index in [1.54, 1.807) is 0 Å². The summed E-state index contributed by atoms with van der Waals surface area (Å²) >= 11 is 0. The number of ether oxygens (including phenoxy) is 1. The molecule has 132 valence electrons. The van der Waals surface area contributed by atoms with Crippen LogP contribution in [0.3, 0.4) is 0 Å². The van der Waals surface area contributed by atoms with Gasteiger partial charge in [-0.3, -0.25) is 4.79 Å². The Morgan fingerprint density at radius 2 is 1.84 bits per heavy atom. The smallest absolute Gasteiger partial charge is 0.328 e. The zero-order chi connectivity index (χ0) is 18.4. The molecule has 0 fully saturated rings. The van der Waals surface area contributed by atoms with Crippen LogP contribution in [0.15, 0.2) is 42.5 Å². The van der Waals surface area contributed by atoms with Gasteiger partial charge in [-0.2, -0.15) is 0 Å². The Morgan fingerprint density at radius 1 is 1.08 bits per heavy atom. The van der Waals surface area contributed by atoms with Crippen molar-refractivity contribution in [3.63, 3.8) is 0 Å². The summed E-state index contributed by atoms with van der Waals surface area (Å²) in [6.45, 7) is 1.93. The zero-order valence-corrected chi connectivity index (χ0v) is 14.0. The number of methoxy groups -OCH3 is 1. The Balaban J connectivity index is 2.06. The minimum atomic E-state index is -1.02. The number of amides is 1. The van der Waals surface area contributed by atoms with Crippen molar-refractivity contribution in [2.45, 2.75) is 25.8 Å². The van der Waals surface area contributed by atoms with Crippen LogP contribution in [-0.4, -0.2) is 25.0 Å². The first kappa shape index (κ1) is 18.6. The van der Waals surface area contributed by atoms with Gasteiger partial charge in [0.2, 0.25) is 5.91 Å². The molecule has 1 atom stereocenters. The van der Waals surface area contributed by atoms with Gasteiger partial charge in [-0.1, -0.05) is 35.9 Å². The van der Waals surface area contributed by atoms with Crippen molar-refractivity contribution in [2.75, 3.05) is 7.11 Å². The average Bonchev–Trinajstić information content (AvgIpc) is 2.57. The van der Waals surface area contributed by atoms with Crippen molar-refractivity contribution in [3.8, 4) is 0 Å². The topological polar surface area (TPSA) is 55.4 Å². The van der Waals surface area contributed by atoms with Gasteiger partial charge in [-0.25, -0.2) is 13.6 Å².